The van der Waals surface area contributed by atoms with Gasteiger partial charge in [-0.2, -0.15) is 0 Å². The van der Waals surface area contributed by atoms with Gasteiger partial charge in [0.05, 0.1) is 22.0 Å². The van der Waals surface area contributed by atoms with Crippen molar-refractivity contribution in [1.82, 2.24) is 9.88 Å². The summed E-state index contributed by atoms with van der Waals surface area (Å²) in [5.41, 5.74) is 0.889. The quantitative estimate of drug-likeness (QED) is 0.851. The van der Waals surface area contributed by atoms with Crippen molar-refractivity contribution in [3.63, 3.8) is 0 Å². The molecule has 0 N–H and O–H groups in total. The van der Waals surface area contributed by atoms with Crippen LogP contribution in [-0.2, 0) is 14.6 Å². The van der Waals surface area contributed by atoms with Crippen LogP contribution >= 0.6 is 11.3 Å². The van der Waals surface area contributed by atoms with Crippen LogP contribution in [0.1, 0.15) is 43.4 Å². The predicted octanol–water partition coefficient (Wildman–Crippen LogP) is 1.94. The molecule has 2 heterocycles. The summed E-state index contributed by atoms with van der Waals surface area (Å²) in [5, 5.41) is 2.41. The second-order valence-electron chi connectivity index (χ2n) is 5.39. The fraction of sp³-hybridized carbons (Fsp3) is 0.692. The summed E-state index contributed by atoms with van der Waals surface area (Å²) in [6.07, 6.45) is 1.76. The monoisotopic (exact) mass is 316 g/mol. The van der Waals surface area contributed by atoms with Gasteiger partial charge in [-0.15, -0.1) is 11.3 Å². The van der Waals surface area contributed by atoms with Crippen molar-refractivity contribution < 1.29 is 13.2 Å². The average molecular weight is 316 g/mol. The first kappa shape index (κ1) is 15.4. The van der Waals surface area contributed by atoms with Crippen molar-refractivity contribution in [2.24, 2.45) is 0 Å². The molecule has 7 heteroatoms. The highest BCUT2D eigenvalue weighted by Gasteiger charge is 2.34. The highest BCUT2D eigenvalue weighted by Crippen LogP contribution is 2.32. The summed E-state index contributed by atoms with van der Waals surface area (Å²) in [7, 11) is -3.34. The normalized spacial score (nSPS) is 19.8. The summed E-state index contributed by atoms with van der Waals surface area (Å²) in [6.45, 7) is 5.76. The van der Waals surface area contributed by atoms with E-state index in [2.05, 4.69) is 4.98 Å². The first-order valence-corrected chi connectivity index (χ1v) is 9.34. The lowest BCUT2D eigenvalue weighted by molar-refractivity contribution is -0.129. The van der Waals surface area contributed by atoms with Gasteiger partial charge in [0.2, 0.25) is 5.91 Å². The molecule has 0 bridgehead atoms. The maximum atomic E-state index is 12.3. The second kappa shape index (κ2) is 5.81. The minimum Gasteiger partial charge on any atom is -0.333 e. The van der Waals surface area contributed by atoms with E-state index in [4.69, 9.17) is 0 Å². The van der Waals surface area contributed by atoms with Gasteiger partial charge in [-0.05, 0) is 33.6 Å². The number of carbonyl (C=O) groups excluding carboxylic acids is 1. The fourth-order valence-electron chi connectivity index (χ4n) is 2.33. The molecule has 0 spiro atoms. The van der Waals surface area contributed by atoms with Crippen molar-refractivity contribution in [3.05, 3.63) is 16.1 Å². The summed E-state index contributed by atoms with van der Waals surface area (Å²) < 4.78 is 23.8. The van der Waals surface area contributed by atoms with Crippen LogP contribution in [0.15, 0.2) is 5.38 Å². The van der Waals surface area contributed by atoms with Crippen LogP contribution in [0, 0.1) is 6.92 Å². The molecular formula is C13H20N2O3S2. The number of hydrogen-bond acceptors (Lipinski definition) is 5. The molecule has 1 aromatic heterocycles. The molecule has 5 nitrogen and oxygen atoms in total. The number of likely N-dealkylation sites (tertiary alicyclic amines) is 1. The zero-order valence-electron chi connectivity index (χ0n) is 12.0. The fourth-order valence-corrected chi connectivity index (χ4v) is 3.83. The lowest BCUT2D eigenvalue weighted by atomic mass is 10.2. The summed E-state index contributed by atoms with van der Waals surface area (Å²) in [6, 6.07) is -0.0604. The van der Waals surface area contributed by atoms with E-state index in [1.807, 2.05) is 12.3 Å². The van der Waals surface area contributed by atoms with E-state index in [-0.39, 0.29) is 11.9 Å². The van der Waals surface area contributed by atoms with Crippen LogP contribution < -0.4 is 0 Å². The molecule has 1 aliphatic heterocycles. The Morgan fingerprint density at radius 3 is 2.80 bits per heavy atom. The van der Waals surface area contributed by atoms with Crippen LogP contribution in [0.2, 0.25) is 0 Å². The van der Waals surface area contributed by atoms with Crippen LogP contribution in [0.25, 0.3) is 0 Å². The predicted molar refractivity (Wildman–Crippen MR) is 79.5 cm³/mol. The molecule has 0 aromatic carbocycles. The number of hydrogen-bond donors (Lipinski definition) is 0. The standard InChI is InChI=1S/C13H20N2O3S2/c1-9(2)20(17,18)8-13(16)15-6-4-5-12(15)11-7-19-10(3)14-11/h7,9,12H,4-6,8H2,1-3H3/t12-/m1/s1. The molecule has 0 unspecified atom stereocenters. The number of nitrogens with zero attached hydrogens (tertiary/aromatic N) is 2. The number of carbonyl (C=O) groups is 1. The second-order valence-corrected chi connectivity index (χ2v) is 9.01. The molecule has 1 aromatic rings. The number of sulfone groups is 1. The molecule has 1 saturated heterocycles. The number of amides is 1. The van der Waals surface area contributed by atoms with E-state index < -0.39 is 20.8 Å². The van der Waals surface area contributed by atoms with Gasteiger partial charge < -0.3 is 4.90 Å². The molecule has 1 amide bonds. The SMILES string of the molecule is Cc1nc([C@H]2CCCN2C(=O)CS(=O)(=O)C(C)C)cs1. The average Bonchev–Trinajstić information content (AvgIpc) is 2.95. The van der Waals surface area contributed by atoms with Crippen LogP contribution in [0.3, 0.4) is 0 Å². The van der Waals surface area contributed by atoms with Gasteiger partial charge >= 0.3 is 0 Å². The van der Waals surface area contributed by atoms with Crippen molar-refractivity contribution in [3.8, 4) is 0 Å². The molecule has 0 radical (unpaired) electrons. The van der Waals surface area contributed by atoms with Gasteiger partial charge in [-0.25, -0.2) is 13.4 Å². The number of aromatic nitrogens is 1. The Hall–Kier alpha value is -0.950. The molecule has 20 heavy (non-hydrogen) atoms. The molecule has 2 rings (SSSR count). The largest absolute Gasteiger partial charge is 0.333 e. The Bertz CT molecular complexity index is 593. The number of thiazole rings is 1. The molecule has 1 fully saturated rings. The molecule has 1 atom stereocenters. The van der Waals surface area contributed by atoms with E-state index in [0.717, 1.165) is 23.5 Å². The van der Waals surface area contributed by atoms with Crippen molar-refractivity contribution in [2.45, 2.75) is 44.9 Å². The van der Waals surface area contributed by atoms with Gasteiger partial charge in [0, 0.05) is 11.9 Å². The maximum Gasteiger partial charge on any atom is 0.238 e. The van der Waals surface area contributed by atoms with Crippen molar-refractivity contribution in [1.29, 1.82) is 0 Å². The Morgan fingerprint density at radius 2 is 2.25 bits per heavy atom. The molecular weight excluding hydrogens is 296 g/mol. The number of rotatable bonds is 4. The van der Waals surface area contributed by atoms with Crippen LogP contribution in [0.5, 0.6) is 0 Å². The highest BCUT2D eigenvalue weighted by atomic mass is 32.2. The first-order valence-electron chi connectivity index (χ1n) is 6.74. The third-order valence-corrected chi connectivity index (χ3v) is 6.47. The Kier molecular flexibility index (Phi) is 4.49. The van der Waals surface area contributed by atoms with Gasteiger partial charge in [-0.3, -0.25) is 4.79 Å². The summed E-state index contributed by atoms with van der Waals surface area (Å²) in [5.74, 6) is -0.698. The van der Waals surface area contributed by atoms with E-state index in [1.165, 1.54) is 0 Å². The van der Waals surface area contributed by atoms with Crippen molar-refractivity contribution in [2.75, 3.05) is 12.3 Å². The van der Waals surface area contributed by atoms with E-state index >= 15 is 0 Å². The topological polar surface area (TPSA) is 67.3 Å². The Labute approximate surface area is 123 Å². The minimum absolute atomic E-state index is 0.0604. The number of aryl methyl sites for hydroxylation is 1. The lowest BCUT2D eigenvalue weighted by Gasteiger charge is -2.23. The Balaban J connectivity index is 2.13. The minimum atomic E-state index is -3.34. The highest BCUT2D eigenvalue weighted by molar-refractivity contribution is 7.92. The zero-order chi connectivity index (χ0) is 14.9. The molecule has 0 aliphatic carbocycles. The molecule has 0 saturated carbocycles. The maximum absolute atomic E-state index is 12.3. The van der Waals surface area contributed by atoms with Crippen molar-refractivity contribution >= 4 is 27.1 Å². The van der Waals surface area contributed by atoms with E-state index in [0.29, 0.717) is 6.54 Å². The van der Waals surface area contributed by atoms with Crippen LogP contribution in [-0.4, -0.2) is 41.8 Å². The van der Waals surface area contributed by atoms with Gasteiger partial charge in [-0.1, -0.05) is 0 Å². The summed E-state index contributed by atoms with van der Waals surface area (Å²) >= 11 is 1.56. The van der Waals surface area contributed by atoms with E-state index in [1.54, 1.807) is 30.1 Å². The van der Waals surface area contributed by atoms with E-state index in [9.17, 15) is 13.2 Å². The third kappa shape index (κ3) is 3.20. The molecule has 1 aliphatic rings. The third-order valence-electron chi connectivity index (χ3n) is 3.59. The van der Waals surface area contributed by atoms with Gasteiger partial charge in [0.1, 0.15) is 5.75 Å². The zero-order valence-corrected chi connectivity index (χ0v) is 13.6. The van der Waals surface area contributed by atoms with Gasteiger partial charge in [0.15, 0.2) is 9.84 Å². The summed E-state index contributed by atoms with van der Waals surface area (Å²) in [4.78, 5) is 18.4. The first-order chi connectivity index (χ1) is 9.31. The van der Waals surface area contributed by atoms with Crippen LogP contribution in [0.4, 0.5) is 0 Å². The van der Waals surface area contributed by atoms with Gasteiger partial charge in [0.25, 0.3) is 0 Å². The lowest BCUT2D eigenvalue weighted by Crippen LogP contribution is -2.37. The molecule has 112 valence electrons. The smallest absolute Gasteiger partial charge is 0.238 e. The Morgan fingerprint density at radius 1 is 1.55 bits per heavy atom.